The summed E-state index contributed by atoms with van der Waals surface area (Å²) in [5.74, 6) is -1.71. The maximum atomic E-state index is 12.3. The zero-order chi connectivity index (χ0) is 20.1. The Balaban J connectivity index is 1.57. The Hall–Kier alpha value is -3.23. The number of aromatic nitrogens is 1. The van der Waals surface area contributed by atoms with Gasteiger partial charge in [0.05, 0.1) is 5.56 Å². The van der Waals surface area contributed by atoms with Gasteiger partial charge in [0, 0.05) is 24.8 Å². The summed E-state index contributed by atoms with van der Waals surface area (Å²) in [4.78, 5) is 41.0. The van der Waals surface area contributed by atoms with Crippen molar-refractivity contribution in [2.75, 3.05) is 19.7 Å². The molecule has 1 amide bonds. The number of aromatic amines is 1. The van der Waals surface area contributed by atoms with Gasteiger partial charge in [-0.3, -0.25) is 9.59 Å². The van der Waals surface area contributed by atoms with E-state index in [1.165, 1.54) is 30.5 Å². The highest BCUT2D eigenvalue weighted by molar-refractivity contribution is 6.02. The van der Waals surface area contributed by atoms with Crippen LogP contribution >= 0.6 is 0 Å². The lowest BCUT2D eigenvalue weighted by Gasteiger charge is -2.13. The summed E-state index contributed by atoms with van der Waals surface area (Å²) in [5.41, 5.74) is 0.489. The predicted molar refractivity (Wildman–Crippen MR) is 93.6 cm³/mol. The monoisotopic (exact) mass is 392 g/mol. The minimum Gasteiger partial charge on any atom is -0.454 e. The molecule has 1 aliphatic rings. The van der Waals surface area contributed by atoms with E-state index < -0.39 is 25.0 Å². The first-order valence-electron chi connectivity index (χ1n) is 8.67. The number of carbonyl (C=O) groups is 3. The van der Waals surface area contributed by atoms with Crippen molar-refractivity contribution in [1.82, 2.24) is 9.88 Å². The fourth-order valence-corrected chi connectivity index (χ4v) is 2.87. The van der Waals surface area contributed by atoms with Crippen molar-refractivity contribution >= 4 is 17.7 Å². The second kappa shape index (κ2) is 8.64. The lowest BCUT2D eigenvalue weighted by molar-refractivity contribution is -0.0499. The van der Waals surface area contributed by atoms with Gasteiger partial charge in [0.1, 0.15) is 11.4 Å². The van der Waals surface area contributed by atoms with Crippen molar-refractivity contribution in [3.05, 3.63) is 53.3 Å². The summed E-state index contributed by atoms with van der Waals surface area (Å²) in [5, 5.41) is 0. The fourth-order valence-electron chi connectivity index (χ4n) is 2.87. The van der Waals surface area contributed by atoms with Gasteiger partial charge in [-0.25, -0.2) is 4.79 Å². The van der Waals surface area contributed by atoms with Crippen LogP contribution in [0.15, 0.2) is 36.5 Å². The van der Waals surface area contributed by atoms with Crippen LogP contribution < -0.4 is 4.74 Å². The molecule has 9 heteroatoms. The molecule has 1 aromatic carbocycles. The molecule has 7 nitrogen and oxygen atoms in total. The van der Waals surface area contributed by atoms with E-state index in [0.29, 0.717) is 18.8 Å². The maximum Gasteiger partial charge on any atom is 0.387 e. The van der Waals surface area contributed by atoms with Gasteiger partial charge < -0.3 is 19.4 Å². The van der Waals surface area contributed by atoms with Gasteiger partial charge in [0.25, 0.3) is 5.91 Å². The first-order chi connectivity index (χ1) is 13.4. The topological polar surface area (TPSA) is 88.7 Å². The van der Waals surface area contributed by atoms with Gasteiger partial charge in [0.15, 0.2) is 6.61 Å². The van der Waals surface area contributed by atoms with Crippen molar-refractivity contribution in [2.45, 2.75) is 19.5 Å². The number of benzene rings is 1. The molecule has 0 radical (unpaired) electrons. The first-order valence-corrected chi connectivity index (χ1v) is 8.67. The minimum atomic E-state index is -3.01. The Morgan fingerprint density at radius 3 is 2.57 bits per heavy atom. The van der Waals surface area contributed by atoms with E-state index in [1.807, 2.05) is 0 Å². The number of alkyl halides is 2. The molecular formula is C19H18F2N2O5. The minimum absolute atomic E-state index is 0.0232. The highest BCUT2D eigenvalue weighted by Gasteiger charge is 2.22. The van der Waals surface area contributed by atoms with Crippen LogP contribution in [0, 0.1) is 0 Å². The van der Waals surface area contributed by atoms with Crippen LogP contribution in [0.1, 0.15) is 44.0 Å². The van der Waals surface area contributed by atoms with Crippen molar-refractivity contribution in [1.29, 1.82) is 0 Å². The number of rotatable bonds is 7. The highest BCUT2D eigenvalue weighted by Crippen LogP contribution is 2.17. The number of Topliss-reactive ketones (excluding diaryl/α,β-unsaturated/α-hetero) is 1. The Morgan fingerprint density at radius 2 is 1.86 bits per heavy atom. The Bertz CT molecular complexity index is 875. The molecule has 1 saturated heterocycles. The summed E-state index contributed by atoms with van der Waals surface area (Å²) < 4.78 is 33.6. The van der Waals surface area contributed by atoms with Crippen LogP contribution in [0.5, 0.6) is 5.75 Å². The van der Waals surface area contributed by atoms with Crippen LogP contribution in [-0.4, -0.2) is 53.9 Å². The SMILES string of the molecule is O=C(COC(=O)c1cccc(OC(F)F)c1)c1c[nH]c(C(=O)N2CCCC2)c1. The lowest BCUT2D eigenvalue weighted by Crippen LogP contribution is -2.27. The van der Waals surface area contributed by atoms with Crippen molar-refractivity contribution in [2.24, 2.45) is 0 Å². The molecule has 0 aliphatic carbocycles. The number of carbonyl (C=O) groups excluding carboxylic acids is 3. The van der Waals surface area contributed by atoms with E-state index in [1.54, 1.807) is 4.90 Å². The molecule has 0 spiro atoms. The smallest absolute Gasteiger partial charge is 0.387 e. The van der Waals surface area contributed by atoms with Crippen LogP contribution in [0.4, 0.5) is 8.78 Å². The molecule has 28 heavy (non-hydrogen) atoms. The van der Waals surface area contributed by atoms with E-state index in [9.17, 15) is 23.2 Å². The molecule has 1 N–H and O–H groups in total. The number of halogens is 2. The van der Waals surface area contributed by atoms with Crippen LogP contribution in [0.25, 0.3) is 0 Å². The Kier molecular flexibility index (Phi) is 6.03. The van der Waals surface area contributed by atoms with E-state index in [-0.39, 0.29) is 22.8 Å². The summed E-state index contributed by atoms with van der Waals surface area (Å²) >= 11 is 0. The summed E-state index contributed by atoms with van der Waals surface area (Å²) in [6.07, 6.45) is 3.30. The number of amides is 1. The number of ether oxygens (including phenoxy) is 2. The van der Waals surface area contributed by atoms with E-state index in [2.05, 4.69) is 9.72 Å². The third-order valence-corrected chi connectivity index (χ3v) is 4.26. The molecule has 0 atom stereocenters. The predicted octanol–water partition coefficient (Wildman–Crippen LogP) is 2.89. The van der Waals surface area contributed by atoms with E-state index in [0.717, 1.165) is 18.9 Å². The Morgan fingerprint density at radius 1 is 1.11 bits per heavy atom. The third kappa shape index (κ3) is 4.73. The third-order valence-electron chi connectivity index (χ3n) is 4.26. The number of hydrogen-bond acceptors (Lipinski definition) is 5. The fraction of sp³-hybridized carbons (Fsp3) is 0.316. The van der Waals surface area contributed by atoms with Gasteiger partial charge >= 0.3 is 12.6 Å². The number of H-pyrrole nitrogens is 1. The van der Waals surface area contributed by atoms with Gasteiger partial charge in [-0.1, -0.05) is 6.07 Å². The number of ketones is 1. The molecule has 1 aromatic heterocycles. The van der Waals surface area contributed by atoms with Crippen LogP contribution in [0.3, 0.4) is 0 Å². The molecule has 148 valence electrons. The summed E-state index contributed by atoms with van der Waals surface area (Å²) in [6.45, 7) is -2.19. The molecule has 1 aliphatic heterocycles. The zero-order valence-corrected chi connectivity index (χ0v) is 14.8. The second-order valence-electron chi connectivity index (χ2n) is 6.21. The molecule has 0 unspecified atom stereocenters. The summed E-state index contributed by atoms with van der Waals surface area (Å²) in [7, 11) is 0. The second-order valence-corrected chi connectivity index (χ2v) is 6.21. The number of nitrogens with zero attached hydrogens (tertiary/aromatic N) is 1. The van der Waals surface area contributed by atoms with Gasteiger partial charge in [-0.05, 0) is 37.1 Å². The highest BCUT2D eigenvalue weighted by atomic mass is 19.3. The normalized spacial score (nSPS) is 13.6. The van der Waals surface area contributed by atoms with Crippen molar-refractivity contribution in [3.63, 3.8) is 0 Å². The van der Waals surface area contributed by atoms with Crippen LogP contribution in [-0.2, 0) is 4.74 Å². The lowest BCUT2D eigenvalue weighted by atomic mass is 10.2. The van der Waals surface area contributed by atoms with Crippen molar-refractivity contribution < 1.29 is 32.6 Å². The molecule has 3 rings (SSSR count). The van der Waals surface area contributed by atoms with E-state index in [4.69, 9.17) is 4.74 Å². The largest absolute Gasteiger partial charge is 0.454 e. The number of nitrogens with one attached hydrogen (secondary N) is 1. The van der Waals surface area contributed by atoms with Gasteiger partial charge in [-0.15, -0.1) is 0 Å². The quantitative estimate of drug-likeness (QED) is 0.578. The van der Waals surface area contributed by atoms with Gasteiger partial charge in [0.2, 0.25) is 5.78 Å². The maximum absolute atomic E-state index is 12.3. The molecule has 1 fully saturated rings. The Labute approximate surface area is 159 Å². The summed E-state index contributed by atoms with van der Waals surface area (Å²) in [6, 6.07) is 6.51. The van der Waals surface area contributed by atoms with E-state index >= 15 is 0 Å². The standard InChI is InChI=1S/C19H18F2N2O5/c20-19(21)28-14-5-3-4-12(8-14)18(26)27-11-16(24)13-9-15(22-10-13)17(25)23-6-1-2-7-23/h3-5,8-10,19,22H,1-2,6-7,11H2. The first kappa shape index (κ1) is 19.5. The molecule has 0 saturated carbocycles. The number of likely N-dealkylation sites (tertiary alicyclic amines) is 1. The molecule has 2 heterocycles. The molecule has 2 aromatic rings. The van der Waals surface area contributed by atoms with Crippen LogP contribution in [0.2, 0.25) is 0 Å². The van der Waals surface area contributed by atoms with Gasteiger partial charge in [-0.2, -0.15) is 8.78 Å². The number of esters is 1. The number of hydrogen-bond donors (Lipinski definition) is 1. The average molecular weight is 392 g/mol. The average Bonchev–Trinajstić information content (AvgIpc) is 3.37. The zero-order valence-electron chi connectivity index (χ0n) is 14.8. The molecular weight excluding hydrogens is 374 g/mol. The van der Waals surface area contributed by atoms with Crippen molar-refractivity contribution in [3.8, 4) is 5.75 Å². The molecule has 0 bridgehead atoms.